The predicted molar refractivity (Wildman–Crippen MR) is 67.1 cm³/mol. The molecule has 1 saturated carbocycles. The molecule has 0 amide bonds. The molecule has 2 rings (SSSR count). The highest BCUT2D eigenvalue weighted by Gasteiger charge is 2.22. The molecule has 0 aromatic carbocycles. The minimum absolute atomic E-state index is 0.00416. The van der Waals surface area contributed by atoms with Gasteiger partial charge in [-0.1, -0.05) is 25.3 Å². The summed E-state index contributed by atoms with van der Waals surface area (Å²) in [6, 6.07) is 6.37. The van der Waals surface area contributed by atoms with E-state index in [2.05, 4.69) is 16.4 Å². The van der Waals surface area contributed by atoms with Crippen molar-refractivity contribution in [1.29, 1.82) is 5.26 Å². The van der Waals surface area contributed by atoms with Crippen molar-refractivity contribution < 1.29 is 0 Å². The minimum Gasteiger partial charge on any atom is -0.298 e. The van der Waals surface area contributed by atoms with Crippen molar-refractivity contribution >= 4 is 0 Å². The zero-order valence-electron chi connectivity index (χ0n) is 10.1. The molecule has 3 nitrogen and oxygen atoms in total. The molecule has 0 spiro atoms. The Morgan fingerprint density at radius 2 is 2.24 bits per heavy atom. The highest BCUT2D eigenvalue weighted by molar-refractivity contribution is 5.09. The Kier molecular flexibility index (Phi) is 4.52. The number of hydrogen-bond acceptors (Lipinski definition) is 3. The smallest absolute Gasteiger partial charge is 0.0984 e. The summed E-state index contributed by atoms with van der Waals surface area (Å²) in [4.78, 5) is 4.08. The molecule has 0 bridgehead atoms. The number of rotatable bonds is 4. The monoisotopic (exact) mass is 229 g/mol. The maximum atomic E-state index is 9.23. The van der Waals surface area contributed by atoms with E-state index in [1.165, 1.54) is 32.1 Å². The first-order valence-electron chi connectivity index (χ1n) is 6.42. The summed E-state index contributed by atoms with van der Waals surface area (Å²) in [5, 5.41) is 12.6. The van der Waals surface area contributed by atoms with Crippen LogP contribution in [0.15, 0.2) is 24.5 Å². The summed E-state index contributed by atoms with van der Waals surface area (Å²) in [6.45, 7) is 0.739. The van der Waals surface area contributed by atoms with Gasteiger partial charge in [0.05, 0.1) is 12.1 Å². The van der Waals surface area contributed by atoms with Gasteiger partial charge in [-0.25, -0.2) is 0 Å². The first kappa shape index (κ1) is 12.1. The Labute approximate surface area is 103 Å². The summed E-state index contributed by atoms with van der Waals surface area (Å²) >= 11 is 0. The molecule has 1 N–H and O–H groups in total. The van der Waals surface area contributed by atoms with E-state index in [0.717, 1.165) is 12.1 Å². The largest absolute Gasteiger partial charge is 0.298 e. The molecule has 0 aliphatic heterocycles. The average molecular weight is 229 g/mol. The van der Waals surface area contributed by atoms with Gasteiger partial charge in [0.25, 0.3) is 0 Å². The third-order valence-corrected chi connectivity index (χ3v) is 3.51. The van der Waals surface area contributed by atoms with E-state index in [9.17, 15) is 5.26 Å². The fraction of sp³-hybridized carbons (Fsp3) is 0.571. The van der Waals surface area contributed by atoms with Gasteiger partial charge in [-0.2, -0.15) is 5.26 Å². The fourth-order valence-electron chi connectivity index (χ4n) is 2.52. The number of nitrogens with one attached hydrogen (secondary N) is 1. The lowest BCUT2D eigenvalue weighted by molar-refractivity contribution is 0.304. The van der Waals surface area contributed by atoms with Crippen LogP contribution >= 0.6 is 0 Å². The van der Waals surface area contributed by atoms with Crippen LogP contribution in [0, 0.1) is 17.2 Å². The maximum absolute atomic E-state index is 9.23. The Morgan fingerprint density at radius 3 is 2.88 bits per heavy atom. The zero-order valence-corrected chi connectivity index (χ0v) is 10.1. The second-order valence-electron chi connectivity index (χ2n) is 4.75. The fourth-order valence-corrected chi connectivity index (χ4v) is 2.52. The average Bonchev–Trinajstić information content (AvgIpc) is 2.42. The van der Waals surface area contributed by atoms with Gasteiger partial charge in [0.1, 0.15) is 0 Å². The normalized spacial score (nSPS) is 18.5. The second-order valence-corrected chi connectivity index (χ2v) is 4.75. The molecule has 0 radical (unpaired) electrons. The third-order valence-electron chi connectivity index (χ3n) is 3.51. The van der Waals surface area contributed by atoms with Gasteiger partial charge in [-0.15, -0.1) is 0 Å². The number of pyridine rings is 1. The Balaban J connectivity index is 1.85. The molecule has 1 atom stereocenters. The van der Waals surface area contributed by atoms with Crippen molar-refractivity contribution in [3.63, 3.8) is 0 Å². The molecule has 1 aliphatic carbocycles. The summed E-state index contributed by atoms with van der Waals surface area (Å²) in [7, 11) is 0. The molecule has 1 heterocycles. The summed E-state index contributed by atoms with van der Waals surface area (Å²) in [5.41, 5.74) is 1.14. The van der Waals surface area contributed by atoms with Crippen LogP contribution < -0.4 is 5.32 Å². The van der Waals surface area contributed by atoms with Crippen LogP contribution in [0.1, 0.15) is 37.7 Å². The van der Waals surface area contributed by atoms with E-state index < -0.39 is 0 Å². The predicted octanol–water partition coefficient (Wildman–Crippen LogP) is 2.64. The van der Waals surface area contributed by atoms with E-state index in [0.29, 0.717) is 5.92 Å². The molecule has 3 heteroatoms. The molecule has 17 heavy (non-hydrogen) atoms. The Hall–Kier alpha value is -1.40. The Morgan fingerprint density at radius 1 is 1.41 bits per heavy atom. The van der Waals surface area contributed by atoms with Gasteiger partial charge in [-0.3, -0.25) is 10.3 Å². The van der Waals surface area contributed by atoms with E-state index in [1.807, 2.05) is 18.3 Å². The highest BCUT2D eigenvalue weighted by Crippen LogP contribution is 2.26. The van der Waals surface area contributed by atoms with Crippen LogP contribution in [0.4, 0.5) is 0 Å². The van der Waals surface area contributed by atoms with Crippen LogP contribution in [0.25, 0.3) is 0 Å². The molecule has 1 unspecified atom stereocenters. The first-order valence-corrected chi connectivity index (χ1v) is 6.42. The van der Waals surface area contributed by atoms with E-state index in [-0.39, 0.29) is 6.04 Å². The van der Waals surface area contributed by atoms with Gasteiger partial charge in [0.15, 0.2) is 0 Å². The van der Waals surface area contributed by atoms with Crippen LogP contribution in [-0.4, -0.2) is 11.0 Å². The van der Waals surface area contributed by atoms with Gasteiger partial charge in [0.2, 0.25) is 0 Å². The topological polar surface area (TPSA) is 48.7 Å². The van der Waals surface area contributed by atoms with Gasteiger partial charge < -0.3 is 0 Å². The number of nitrogens with zero attached hydrogens (tertiary/aromatic N) is 2. The number of nitriles is 1. The van der Waals surface area contributed by atoms with Crippen LogP contribution in [-0.2, 0) is 6.54 Å². The lowest BCUT2D eigenvalue weighted by atomic mass is 9.84. The maximum Gasteiger partial charge on any atom is 0.0984 e. The molecule has 90 valence electrons. The van der Waals surface area contributed by atoms with Crippen molar-refractivity contribution in [2.24, 2.45) is 5.92 Å². The van der Waals surface area contributed by atoms with Gasteiger partial charge in [-0.05, 0) is 30.4 Å². The molecule has 1 fully saturated rings. The molecule has 0 saturated heterocycles. The molecular formula is C14H19N3. The number of hydrogen-bond donors (Lipinski definition) is 1. The van der Waals surface area contributed by atoms with E-state index in [1.54, 1.807) is 6.20 Å². The second kappa shape index (κ2) is 6.36. The van der Waals surface area contributed by atoms with Crippen LogP contribution in [0.2, 0.25) is 0 Å². The van der Waals surface area contributed by atoms with E-state index >= 15 is 0 Å². The van der Waals surface area contributed by atoms with Crippen molar-refractivity contribution in [1.82, 2.24) is 10.3 Å². The number of aromatic nitrogens is 1. The highest BCUT2D eigenvalue weighted by atomic mass is 14.9. The lowest BCUT2D eigenvalue weighted by Gasteiger charge is -2.26. The third kappa shape index (κ3) is 3.54. The molecular weight excluding hydrogens is 210 g/mol. The molecule has 1 aromatic rings. The van der Waals surface area contributed by atoms with E-state index in [4.69, 9.17) is 0 Å². The molecule has 1 aromatic heterocycles. The zero-order chi connectivity index (χ0) is 11.9. The summed E-state index contributed by atoms with van der Waals surface area (Å²) < 4.78 is 0. The summed E-state index contributed by atoms with van der Waals surface area (Å²) in [6.07, 6.45) is 9.89. The first-order chi connectivity index (χ1) is 8.40. The van der Waals surface area contributed by atoms with Crippen molar-refractivity contribution in [3.05, 3.63) is 30.1 Å². The molecule has 1 aliphatic rings. The standard InChI is InChI=1S/C14H19N3/c15-9-14(13-6-2-1-3-7-13)17-11-12-5-4-8-16-10-12/h4-5,8,10,13-14,17H,1-3,6-7,11H2. The van der Waals surface area contributed by atoms with Gasteiger partial charge in [0, 0.05) is 18.9 Å². The van der Waals surface area contributed by atoms with Crippen molar-refractivity contribution in [2.45, 2.75) is 44.7 Å². The van der Waals surface area contributed by atoms with Crippen LogP contribution in [0.5, 0.6) is 0 Å². The SMILES string of the molecule is N#CC(NCc1cccnc1)C1CCCCC1. The summed E-state index contributed by atoms with van der Waals surface area (Å²) in [5.74, 6) is 0.533. The van der Waals surface area contributed by atoms with Crippen molar-refractivity contribution in [3.8, 4) is 6.07 Å². The van der Waals surface area contributed by atoms with Crippen molar-refractivity contribution in [2.75, 3.05) is 0 Å². The van der Waals surface area contributed by atoms with Crippen LogP contribution in [0.3, 0.4) is 0 Å². The lowest BCUT2D eigenvalue weighted by Crippen LogP contribution is -2.35. The van der Waals surface area contributed by atoms with Gasteiger partial charge >= 0.3 is 0 Å². The quantitative estimate of drug-likeness (QED) is 0.863. The minimum atomic E-state index is -0.00416. The Bertz CT molecular complexity index is 363.